The predicted octanol–water partition coefficient (Wildman–Crippen LogP) is 5.86. The van der Waals surface area contributed by atoms with E-state index in [1.54, 1.807) is 36.4 Å². The summed E-state index contributed by atoms with van der Waals surface area (Å²) >= 11 is 1.22. The first-order chi connectivity index (χ1) is 16.6. The molecule has 3 amide bonds. The summed E-state index contributed by atoms with van der Waals surface area (Å²) in [5.74, 6) is -0.412. The molecule has 0 bridgehead atoms. The molecule has 3 aromatic carbocycles. The molecule has 0 aliphatic rings. The van der Waals surface area contributed by atoms with Crippen molar-refractivity contribution in [1.29, 1.82) is 0 Å². The highest BCUT2D eigenvalue weighted by molar-refractivity contribution is 8.00. The normalized spacial score (nSPS) is 11.0. The topological polar surface area (TPSA) is 87.3 Å². The van der Waals surface area contributed by atoms with Gasteiger partial charge in [-0.3, -0.25) is 14.4 Å². The van der Waals surface area contributed by atoms with Gasteiger partial charge in [0.05, 0.1) is 22.9 Å². The van der Waals surface area contributed by atoms with Crippen LogP contribution in [-0.2, 0) is 15.0 Å². The van der Waals surface area contributed by atoms with E-state index >= 15 is 0 Å². The van der Waals surface area contributed by atoms with E-state index in [-0.39, 0.29) is 34.6 Å². The molecule has 6 nitrogen and oxygen atoms in total. The number of rotatable bonds is 8. The Labute approximate surface area is 210 Å². The van der Waals surface area contributed by atoms with Crippen LogP contribution in [-0.4, -0.2) is 29.2 Å². The van der Waals surface area contributed by atoms with Crippen molar-refractivity contribution in [3.63, 3.8) is 0 Å². The Morgan fingerprint density at radius 1 is 0.743 bits per heavy atom. The second-order valence-corrected chi connectivity index (χ2v) is 10.3. The molecule has 7 heteroatoms. The standard InChI is InChI=1S/C28H31N3O3S/c1-19-8-7-9-22(16-19)29-25(32)17-35-18-26(33)30-23-10-5-6-11-24(23)31-27(34)20-12-14-21(15-13-20)28(2,3)4/h5-16H,17-18H2,1-4H3,(H,29,32)(H,30,33)(H,31,34). The molecule has 0 spiro atoms. The zero-order chi connectivity index (χ0) is 25.4. The second kappa shape index (κ2) is 11.7. The summed E-state index contributed by atoms with van der Waals surface area (Å²) in [5, 5.41) is 8.52. The lowest BCUT2D eigenvalue weighted by molar-refractivity contribution is -0.114. The van der Waals surface area contributed by atoms with Gasteiger partial charge in [0.2, 0.25) is 11.8 Å². The van der Waals surface area contributed by atoms with Crippen molar-refractivity contribution in [2.24, 2.45) is 0 Å². The molecule has 0 heterocycles. The Kier molecular flexibility index (Phi) is 8.71. The number of thioether (sulfide) groups is 1. The van der Waals surface area contributed by atoms with Gasteiger partial charge in [-0.05, 0) is 59.9 Å². The molecule has 0 aliphatic carbocycles. The first-order valence-electron chi connectivity index (χ1n) is 11.4. The first-order valence-corrected chi connectivity index (χ1v) is 12.5. The van der Waals surface area contributed by atoms with Crippen LogP contribution in [0, 0.1) is 6.92 Å². The second-order valence-electron chi connectivity index (χ2n) is 9.29. The van der Waals surface area contributed by atoms with Gasteiger partial charge in [-0.2, -0.15) is 0 Å². The lowest BCUT2D eigenvalue weighted by Crippen LogP contribution is -2.20. The molecule has 3 rings (SSSR count). The third kappa shape index (κ3) is 8.00. The smallest absolute Gasteiger partial charge is 0.255 e. The van der Waals surface area contributed by atoms with Crippen molar-refractivity contribution in [2.45, 2.75) is 33.1 Å². The number of benzene rings is 3. The lowest BCUT2D eigenvalue weighted by atomic mass is 9.87. The van der Waals surface area contributed by atoms with E-state index < -0.39 is 0 Å². The molecule has 3 aromatic rings. The van der Waals surface area contributed by atoms with Crippen molar-refractivity contribution >= 4 is 46.5 Å². The zero-order valence-electron chi connectivity index (χ0n) is 20.5. The summed E-state index contributed by atoms with van der Waals surface area (Å²) < 4.78 is 0. The molecular formula is C28H31N3O3S. The Balaban J connectivity index is 1.52. The van der Waals surface area contributed by atoms with Crippen LogP contribution < -0.4 is 16.0 Å². The number of nitrogens with one attached hydrogen (secondary N) is 3. The van der Waals surface area contributed by atoms with Crippen LogP contribution in [0.25, 0.3) is 0 Å². The van der Waals surface area contributed by atoms with Gasteiger partial charge in [0, 0.05) is 11.3 Å². The van der Waals surface area contributed by atoms with E-state index in [1.807, 2.05) is 43.3 Å². The molecule has 0 unspecified atom stereocenters. The minimum absolute atomic E-state index is 0.00512. The van der Waals surface area contributed by atoms with Crippen molar-refractivity contribution in [2.75, 3.05) is 27.5 Å². The molecule has 3 N–H and O–H groups in total. The maximum absolute atomic E-state index is 12.8. The van der Waals surface area contributed by atoms with E-state index in [1.165, 1.54) is 11.8 Å². The van der Waals surface area contributed by atoms with Crippen molar-refractivity contribution in [1.82, 2.24) is 0 Å². The number of para-hydroxylation sites is 2. The monoisotopic (exact) mass is 489 g/mol. The van der Waals surface area contributed by atoms with E-state index in [2.05, 4.69) is 36.7 Å². The molecule has 0 aliphatic heterocycles. The number of aryl methyl sites for hydroxylation is 1. The summed E-state index contributed by atoms with van der Waals surface area (Å²) in [5.41, 5.74) is 4.49. The van der Waals surface area contributed by atoms with Crippen molar-refractivity contribution in [3.8, 4) is 0 Å². The van der Waals surface area contributed by atoms with Gasteiger partial charge in [0.15, 0.2) is 0 Å². The first kappa shape index (κ1) is 26.0. The maximum atomic E-state index is 12.8. The van der Waals surface area contributed by atoms with Crippen LogP contribution in [0.5, 0.6) is 0 Å². The molecule has 0 radical (unpaired) electrons. The van der Waals surface area contributed by atoms with Crippen molar-refractivity contribution < 1.29 is 14.4 Å². The predicted molar refractivity (Wildman–Crippen MR) is 145 cm³/mol. The van der Waals surface area contributed by atoms with Gasteiger partial charge in [-0.15, -0.1) is 11.8 Å². The average Bonchev–Trinajstić information content (AvgIpc) is 2.80. The molecular weight excluding hydrogens is 458 g/mol. The fourth-order valence-electron chi connectivity index (χ4n) is 3.36. The van der Waals surface area contributed by atoms with Crippen LogP contribution in [0.2, 0.25) is 0 Å². The third-order valence-electron chi connectivity index (χ3n) is 5.23. The Bertz CT molecular complexity index is 1200. The van der Waals surface area contributed by atoms with Crippen LogP contribution in [0.1, 0.15) is 42.3 Å². The van der Waals surface area contributed by atoms with Gasteiger partial charge < -0.3 is 16.0 Å². The van der Waals surface area contributed by atoms with E-state index in [4.69, 9.17) is 0 Å². The summed E-state index contributed by atoms with van der Waals surface area (Å²) in [6.07, 6.45) is 0. The van der Waals surface area contributed by atoms with Gasteiger partial charge in [-0.25, -0.2) is 0 Å². The Morgan fingerprint density at radius 2 is 1.34 bits per heavy atom. The summed E-state index contributed by atoms with van der Waals surface area (Å²) in [6, 6.07) is 22.1. The van der Waals surface area contributed by atoms with Crippen molar-refractivity contribution in [3.05, 3.63) is 89.5 Å². The van der Waals surface area contributed by atoms with Crippen LogP contribution in [0.15, 0.2) is 72.8 Å². The Morgan fingerprint density at radius 3 is 1.94 bits per heavy atom. The molecule has 35 heavy (non-hydrogen) atoms. The van der Waals surface area contributed by atoms with Gasteiger partial charge in [0.25, 0.3) is 5.91 Å². The Hall–Kier alpha value is -3.58. The zero-order valence-corrected chi connectivity index (χ0v) is 21.3. The highest BCUT2D eigenvalue weighted by Gasteiger charge is 2.15. The van der Waals surface area contributed by atoms with Crippen LogP contribution in [0.3, 0.4) is 0 Å². The fraction of sp³-hybridized carbons (Fsp3) is 0.250. The average molecular weight is 490 g/mol. The highest BCUT2D eigenvalue weighted by Crippen LogP contribution is 2.24. The molecule has 0 atom stereocenters. The number of amides is 3. The van der Waals surface area contributed by atoms with Crippen LogP contribution in [0.4, 0.5) is 17.1 Å². The summed E-state index contributed by atoms with van der Waals surface area (Å²) in [7, 11) is 0. The number of carbonyl (C=O) groups is 3. The van der Waals surface area contributed by atoms with Gasteiger partial charge in [-0.1, -0.05) is 57.2 Å². The number of carbonyl (C=O) groups excluding carboxylic acids is 3. The largest absolute Gasteiger partial charge is 0.325 e. The minimum Gasteiger partial charge on any atom is -0.325 e. The number of hydrogen-bond acceptors (Lipinski definition) is 4. The minimum atomic E-state index is -0.255. The molecule has 182 valence electrons. The van der Waals surface area contributed by atoms with Crippen LogP contribution >= 0.6 is 11.8 Å². The third-order valence-corrected chi connectivity index (χ3v) is 6.16. The van der Waals surface area contributed by atoms with E-state index in [0.717, 1.165) is 16.8 Å². The summed E-state index contributed by atoms with van der Waals surface area (Å²) in [4.78, 5) is 37.4. The number of anilines is 3. The fourth-order valence-corrected chi connectivity index (χ4v) is 3.98. The quantitative estimate of drug-likeness (QED) is 0.370. The molecule has 0 fully saturated rings. The number of hydrogen-bond donors (Lipinski definition) is 3. The molecule has 0 saturated heterocycles. The van der Waals surface area contributed by atoms with Gasteiger partial charge >= 0.3 is 0 Å². The van der Waals surface area contributed by atoms with Gasteiger partial charge in [0.1, 0.15) is 0 Å². The molecule has 0 saturated carbocycles. The lowest BCUT2D eigenvalue weighted by Gasteiger charge is -2.19. The SMILES string of the molecule is Cc1cccc(NC(=O)CSCC(=O)Nc2ccccc2NC(=O)c2ccc(C(C)(C)C)cc2)c1. The van der Waals surface area contributed by atoms with E-state index in [0.29, 0.717) is 16.9 Å². The summed E-state index contributed by atoms with van der Waals surface area (Å²) in [6.45, 7) is 8.32. The maximum Gasteiger partial charge on any atom is 0.255 e. The highest BCUT2D eigenvalue weighted by atomic mass is 32.2. The van der Waals surface area contributed by atoms with E-state index in [9.17, 15) is 14.4 Å². The molecule has 0 aromatic heterocycles.